The zero-order valence-corrected chi connectivity index (χ0v) is 20.1. The molecule has 1 amide bonds. The molecule has 35 heavy (non-hydrogen) atoms. The Morgan fingerprint density at radius 1 is 1.00 bits per heavy atom. The SMILES string of the molecule is COc1cccc(NC(=O)CSc2ccccc2C(=O)OCc2nc(-c3ccccc3)oc2C)c1. The molecule has 0 spiro atoms. The van der Waals surface area contributed by atoms with Crippen LogP contribution in [0.1, 0.15) is 21.8 Å². The number of carbonyl (C=O) groups excluding carboxylic acids is 2. The lowest BCUT2D eigenvalue weighted by molar-refractivity contribution is -0.113. The number of anilines is 1. The van der Waals surface area contributed by atoms with Crippen molar-refractivity contribution in [2.45, 2.75) is 18.4 Å². The maximum atomic E-state index is 12.8. The highest BCUT2D eigenvalue weighted by molar-refractivity contribution is 8.00. The highest BCUT2D eigenvalue weighted by atomic mass is 32.2. The third-order valence-corrected chi connectivity index (χ3v) is 6.15. The first-order chi connectivity index (χ1) is 17.0. The van der Waals surface area contributed by atoms with E-state index in [1.54, 1.807) is 56.5 Å². The minimum atomic E-state index is -0.495. The van der Waals surface area contributed by atoms with Crippen molar-refractivity contribution < 1.29 is 23.5 Å². The zero-order chi connectivity index (χ0) is 24.6. The predicted octanol–water partition coefficient (Wildman–Crippen LogP) is 5.75. The van der Waals surface area contributed by atoms with Gasteiger partial charge in [0.2, 0.25) is 11.8 Å². The number of esters is 1. The van der Waals surface area contributed by atoms with Crippen molar-refractivity contribution >= 4 is 29.3 Å². The van der Waals surface area contributed by atoms with Crippen LogP contribution < -0.4 is 10.1 Å². The minimum absolute atomic E-state index is 0.0175. The smallest absolute Gasteiger partial charge is 0.339 e. The van der Waals surface area contributed by atoms with Crippen LogP contribution in [0, 0.1) is 6.92 Å². The van der Waals surface area contributed by atoms with Crippen LogP contribution in [0.25, 0.3) is 11.5 Å². The van der Waals surface area contributed by atoms with Gasteiger partial charge in [0.15, 0.2) is 0 Å². The molecule has 0 bridgehead atoms. The summed E-state index contributed by atoms with van der Waals surface area (Å²) in [5, 5.41) is 2.83. The van der Waals surface area contributed by atoms with Crippen LogP contribution in [0.15, 0.2) is 88.2 Å². The van der Waals surface area contributed by atoms with Crippen molar-refractivity contribution in [3.05, 3.63) is 95.9 Å². The number of oxazole rings is 1. The van der Waals surface area contributed by atoms with Gasteiger partial charge in [-0.25, -0.2) is 9.78 Å². The second kappa shape index (κ2) is 11.4. The number of nitrogens with one attached hydrogen (secondary N) is 1. The molecule has 0 radical (unpaired) electrons. The lowest BCUT2D eigenvalue weighted by atomic mass is 10.2. The van der Waals surface area contributed by atoms with Crippen molar-refractivity contribution in [3.63, 3.8) is 0 Å². The Morgan fingerprint density at radius 3 is 2.57 bits per heavy atom. The fourth-order valence-electron chi connectivity index (χ4n) is 3.28. The standard InChI is InChI=1S/C27H24N2O5S/c1-18-23(29-26(34-18)19-9-4-3-5-10-19)16-33-27(31)22-13-6-7-14-24(22)35-17-25(30)28-20-11-8-12-21(15-20)32-2/h3-15H,16-17H2,1-2H3,(H,28,30). The van der Waals surface area contributed by atoms with Gasteiger partial charge in [0.25, 0.3) is 0 Å². The molecule has 0 atom stereocenters. The van der Waals surface area contributed by atoms with Crippen LogP contribution in [-0.2, 0) is 16.1 Å². The Bertz CT molecular complexity index is 1320. The highest BCUT2D eigenvalue weighted by Gasteiger charge is 2.17. The Kier molecular flexibility index (Phi) is 7.84. The molecule has 178 valence electrons. The number of ether oxygens (including phenoxy) is 2. The molecule has 1 N–H and O–H groups in total. The number of aryl methyl sites for hydroxylation is 1. The van der Waals surface area contributed by atoms with Crippen molar-refractivity contribution in [2.24, 2.45) is 0 Å². The molecule has 0 saturated heterocycles. The number of hydrogen-bond acceptors (Lipinski definition) is 7. The van der Waals surface area contributed by atoms with E-state index in [-0.39, 0.29) is 18.3 Å². The summed E-state index contributed by atoms with van der Waals surface area (Å²) in [7, 11) is 1.57. The van der Waals surface area contributed by atoms with E-state index in [9.17, 15) is 9.59 Å². The van der Waals surface area contributed by atoms with Crippen molar-refractivity contribution in [2.75, 3.05) is 18.2 Å². The molecule has 4 aromatic rings. The largest absolute Gasteiger partial charge is 0.497 e. The Balaban J connectivity index is 1.36. The fourth-order valence-corrected chi connectivity index (χ4v) is 4.12. The van der Waals surface area contributed by atoms with Gasteiger partial charge in [-0.1, -0.05) is 36.4 Å². The van der Waals surface area contributed by atoms with Crippen LogP contribution in [0.3, 0.4) is 0 Å². The van der Waals surface area contributed by atoms with Gasteiger partial charge in [-0.3, -0.25) is 4.79 Å². The summed E-state index contributed by atoms with van der Waals surface area (Å²) in [6.07, 6.45) is 0. The maximum Gasteiger partial charge on any atom is 0.339 e. The van der Waals surface area contributed by atoms with Crippen LogP contribution >= 0.6 is 11.8 Å². The number of methoxy groups -OCH3 is 1. The Labute approximate surface area is 207 Å². The third-order valence-electron chi connectivity index (χ3n) is 5.07. The number of benzene rings is 3. The first kappa shape index (κ1) is 24.1. The summed E-state index contributed by atoms with van der Waals surface area (Å²) in [5.41, 5.74) is 2.43. The minimum Gasteiger partial charge on any atom is -0.497 e. The van der Waals surface area contributed by atoms with Crippen LogP contribution in [0.5, 0.6) is 5.75 Å². The van der Waals surface area contributed by atoms with Crippen LogP contribution in [0.2, 0.25) is 0 Å². The summed E-state index contributed by atoms with van der Waals surface area (Å²) in [5.74, 6) is 1.16. The summed E-state index contributed by atoms with van der Waals surface area (Å²) in [6, 6.07) is 23.7. The molecule has 1 aromatic heterocycles. The molecule has 7 nitrogen and oxygen atoms in total. The van der Waals surface area contributed by atoms with E-state index < -0.39 is 5.97 Å². The third kappa shape index (κ3) is 6.30. The number of hydrogen-bond donors (Lipinski definition) is 1. The molecule has 1 heterocycles. The van der Waals surface area contributed by atoms with Crippen LogP contribution in [0.4, 0.5) is 5.69 Å². The fraction of sp³-hybridized carbons (Fsp3) is 0.148. The summed E-state index contributed by atoms with van der Waals surface area (Å²) >= 11 is 1.26. The number of amides is 1. The van der Waals surface area contributed by atoms with E-state index in [1.165, 1.54) is 11.8 Å². The average Bonchev–Trinajstić information content (AvgIpc) is 3.27. The lowest BCUT2D eigenvalue weighted by Crippen LogP contribution is -2.14. The van der Waals surface area contributed by atoms with E-state index in [2.05, 4.69) is 10.3 Å². The predicted molar refractivity (Wildman–Crippen MR) is 135 cm³/mol. The second-order valence-electron chi connectivity index (χ2n) is 7.53. The van der Waals surface area contributed by atoms with Crippen LogP contribution in [-0.4, -0.2) is 29.7 Å². The monoisotopic (exact) mass is 488 g/mol. The van der Waals surface area contributed by atoms with Crippen molar-refractivity contribution in [1.29, 1.82) is 0 Å². The van der Waals surface area contributed by atoms with Gasteiger partial charge < -0.3 is 19.2 Å². The van der Waals surface area contributed by atoms with Crippen molar-refractivity contribution in [3.8, 4) is 17.2 Å². The Hall–Kier alpha value is -4.04. The first-order valence-corrected chi connectivity index (χ1v) is 11.9. The molecular weight excluding hydrogens is 464 g/mol. The highest BCUT2D eigenvalue weighted by Crippen LogP contribution is 2.26. The van der Waals surface area contributed by atoms with Gasteiger partial charge in [0.05, 0.1) is 18.4 Å². The Morgan fingerprint density at radius 2 is 1.77 bits per heavy atom. The normalized spacial score (nSPS) is 10.6. The molecule has 3 aromatic carbocycles. The van der Waals surface area contributed by atoms with E-state index >= 15 is 0 Å². The molecule has 0 fully saturated rings. The van der Waals surface area contributed by atoms with Gasteiger partial charge in [0.1, 0.15) is 23.8 Å². The van der Waals surface area contributed by atoms with Gasteiger partial charge in [-0.05, 0) is 43.3 Å². The maximum absolute atomic E-state index is 12.8. The van der Waals surface area contributed by atoms with Gasteiger partial charge in [-0.15, -0.1) is 11.8 Å². The molecule has 0 aliphatic carbocycles. The van der Waals surface area contributed by atoms with Gasteiger partial charge in [-0.2, -0.15) is 0 Å². The van der Waals surface area contributed by atoms with Gasteiger partial charge >= 0.3 is 5.97 Å². The summed E-state index contributed by atoms with van der Waals surface area (Å²) < 4.78 is 16.4. The molecule has 0 aliphatic heterocycles. The summed E-state index contributed by atoms with van der Waals surface area (Å²) in [6.45, 7) is 1.77. The molecule has 8 heteroatoms. The number of aromatic nitrogens is 1. The molecule has 0 aliphatic rings. The van der Waals surface area contributed by atoms with Crippen molar-refractivity contribution in [1.82, 2.24) is 4.98 Å². The first-order valence-electron chi connectivity index (χ1n) is 10.9. The van der Waals surface area contributed by atoms with E-state index in [1.807, 2.05) is 36.4 Å². The molecule has 0 unspecified atom stereocenters. The second-order valence-corrected chi connectivity index (χ2v) is 8.55. The molecule has 0 saturated carbocycles. The molecule has 4 rings (SSSR count). The number of nitrogens with zero attached hydrogens (tertiary/aromatic N) is 1. The van der Waals surface area contributed by atoms with Gasteiger partial charge in [0, 0.05) is 22.2 Å². The topological polar surface area (TPSA) is 90.7 Å². The number of rotatable bonds is 9. The van der Waals surface area contributed by atoms with E-state index in [0.29, 0.717) is 39.2 Å². The van der Waals surface area contributed by atoms with E-state index in [4.69, 9.17) is 13.9 Å². The molecular formula is C27H24N2O5S. The lowest BCUT2D eigenvalue weighted by Gasteiger charge is -2.10. The zero-order valence-electron chi connectivity index (χ0n) is 19.3. The average molecular weight is 489 g/mol. The summed E-state index contributed by atoms with van der Waals surface area (Å²) in [4.78, 5) is 30.4. The quantitative estimate of drug-likeness (QED) is 0.237. The number of thioether (sulfide) groups is 1. The number of carbonyl (C=O) groups is 2. The van der Waals surface area contributed by atoms with E-state index in [0.717, 1.165) is 5.56 Å².